The Bertz CT molecular complexity index is 1180. The van der Waals surface area contributed by atoms with E-state index in [1.54, 1.807) is 17.0 Å². The summed E-state index contributed by atoms with van der Waals surface area (Å²) in [4.78, 5) is 17.5. The summed E-state index contributed by atoms with van der Waals surface area (Å²) in [5, 5.41) is 15.1. The molecule has 3 atom stereocenters. The maximum absolute atomic E-state index is 13.5. The molecule has 2 aliphatic heterocycles. The van der Waals surface area contributed by atoms with Gasteiger partial charge in [-0.15, -0.1) is 24.8 Å². The molecule has 0 bridgehead atoms. The summed E-state index contributed by atoms with van der Waals surface area (Å²) in [6.07, 6.45) is 0.951. The van der Waals surface area contributed by atoms with Crippen molar-refractivity contribution in [1.29, 1.82) is 5.41 Å². The standard InChI is InChI=1S/C25H36N6O3S.2ClH/c1-17-13-23(29-35(33,34)22-10-6-8-19-7-4-5-9-20(19)22)31(16-21(17)30(2)3)24(32)12-11-18-14-27-25(26)28-15-18;;/h4-10,17-18,21,23,29H,11-16H2,1-3H3,(H3,26,27,28);2*1H. The first-order valence-corrected chi connectivity index (χ1v) is 13.7. The van der Waals surface area contributed by atoms with Gasteiger partial charge in [0.2, 0.25) is 15.9 Å². The Morgan fingerprint density at radius 1 is 1.11 bits per heavy atom. The Balaban J connectivity index is 0.00000241. The number of benzene rings is 2. The van der Waals surface area contributed by atoms with Crippen LogP contribution >= 0.6 is 24.8 Å². The van der Waals surface area contributed by atoms with Gasteiger partial charge in [0, 0.05) is 37.5 Å². The highest BCUT2D eigenvalue weighted by Gasteiger charge is 2.39. The number of rotatable bonds is 7. The Hall–Kier alpha value is -2.11. The van der Waals surface area contributed by atoms with Crippen molar-refractivity contribution in [3.05, 3.63) is 42.5 Å². The number of amides is 1. The second-order valence-corrected chi connectivity index (χ2v) is 11.6. The highest BCUT2D eigenvalue weighted by Crippen LogP contribution is 2.28. The molecule has 0 radical (unpaired) electrons. The van der Waals surface area contributed by atoms with E-state index in [1.165, 1.54) is 0 Å². The molecular formula is C25H38Cl2N6O3S. The van der Waals surface area contributed by atoms with Crippen molar-refractivity contribution < 1.29 is 13.2 Å². The fourth-order valence-corrected chi connectivity index (χ4v) is 6.62. The van der Waals surface area contributed by atoms with Gasteiger partial charge in [0.1, 0.15) is 0 Å². The highest BCUT2D eigenvalue weighted by atomic mass is 35.5. The second-order valence-electron chi connectivity index (χ2n) is 9.95. The number of piperidine rings is 1. The average Bonchev–Trinajstić information content (AvgIpc) is 2.82. The lowest BCUT2D eigenvalue weighted by Gasteiger charge is -2.45. The lowest BCUT2D eigenvalue weighted by Crippen LogP contribution is -2.61. The summed E-state index contributed by atoms with van der Waals surface area (Å²) >= 11 is 0. The van der Waals surface area contributed by atoms with Crippen molar-refractivity contribution in [3.63, 3.8) is 0 Å². The van der Waals surface area contributed by atoms with Crippen LogP contribution in [-0.2, 0) is 14.8 Å². The number of guanidine groups is 1. The number of fused-ring (bicyclic) bond motifs is 1. The zero-order chi connectivity index (χ0) is 25.2. The molecule has 2 aliphatic rings. The number of hydrogen-bond acceptors (Lipinski definition) is 5. The summed E-state index contributed by atoms with van der Waals surface area (Å²) in [5.74, 6) is 0.726. The molecule has 2 fully saturated rings. The number of carbonyl (C=O) groups is 1. The molecule has 2 aromatic rings. The minimum atomic E-state index is -3.86. The Morgan fingerprint density at radius 3 is 2.43 bits per heavy atom. The van der Waals surface area contributed by atoms with Crippen LogP contribution < -0.4 is 15.4 Å². The maximum Gasteiger partial charge on any atom is 0.242 e. The monoisotopic (exact) mass is 572 g/mol. The van der Waals surface area contributed by atoms with Crippen LogP contribution in [0, 0.1) is 17.2 Å². The van der Waals surface area contributed by atoms with Crippen LogP contribution in [0.4, 0.5) is 0 Å². The molecule has 37 heavy (non-hydrogen) atoms. The summed E-state index contributed by atoms with van der Waals surface area (Å²) in [6, 6.07) is 12.8. The smallest absolute Gasteiger partial charge is 0.242 e. The van der Waals surface area contributed by atoms with Crippen LogP contribution in [0.15, 0.2) is 47.4 Å². The normalized spacial score (nSPS) is 24.0. The van der Waals surface area contributed by atoms with E-state index in [0.717, 1.165) is 5.39 Å². The minimum Gasteiger partial charge on any atom is -0.356 e. The molecule has 2 heterocycles. The molecular weight excluding hydrogens is 535 g/mol. The molecule has 1 amide bonds. The summed E-state index contributed by atoms with van der Waals surface area (Å²) in [6.45, 7) is 3.91. The molecule has 12 heteroatoms. The molecule has 0 aromatic heterocycles. The number of nitrogens with one attached hydrogen (secondary N) is 4. The molecule has 9 nitrogen and oxygen atoms in total. The number of nitrogens with zero attached hydrogens (tertiary/aromatic N) is 2. The van der Waals surface area contributed by atoms with Gasteiger partial charge in [0.25, 0.3) is 0 Å². The van der Waals surface area contributed by atoms with Gasteiger partial charge in [-0.2, -0.15) is 4.72 Å². The minimum absolute atomic E-state index is 0. The van der Waals surface area contributed by atoms with Gasteiger partial charge in [0.05, 0.1) is 11.1 Å². The first kappa shape index (κ1) is 31.1. The quantitative estimate of drug-likeness (QED) is 0.405. The summed E-state index contributed by atoms with van der Waals surface area (Å²) in [7, 11) is 0.141. The number of likely N-dealkylation sites (N-methyl/N-ethyl adjacent to an activating group) is 1. The number of likely N-dealkylation sites (tertiary alicyclic amines) is 1. The third kappa shape index (κ3) is 7.26. The first-order valence-electron chi connectivity index (χ1n) is 12.2. The highest BCUT2D eigenvalue weighted by molar-refractivity contribution is 7.89. The van der Waals surface area contributed by atoms with Gasteiger partial charge in [0.15, 0.2) is 5.96 Å². The third-order valence-corrected chi connectivity index (χ3v) is 8.74. The van der Waals surface area contributed by atoms with E-state index in [0.29, 0.717) is 50.2 Å². The lowest BCUT2D eigenvalue weighted by molar-refractivity contribution is -0.138. The number of hydrogen-bond donors (Lipinski definition) is 4. The van der Waals surface area contributed by atoms with Crippen molar-refractivity contribution in [1.82, 2.24) is 25.2 Å². The number of sulfonamides is 1. The molecule has 0 saturated carbocycles. The van der Waals surface area contributed by atoms with Crippen molar-refractivity contribution in [2.24, 2.45) is 11.8 Å². The van der Waals surface area contributed by atoms with Gasteiger partial charge >= 0.3 is 0 Å². The predicted molar refractivity (Wildman–Crippen MR) is 152 cm³/mol. The van der Waals surface area contributed by atoms with Crippen molar-refractivity contribution in [3.8, 4) is 0 Å². The van der Waals surface area contributed by atoms with Crippen LogP contribution in [-0.4, -0.2) is 76.0 Å². The summed E-state index contributed by atoms with van der Waals surface area (Å²) < 4.78 is 30.0. The van der Waals surface area contributed by atoms with Crippen LogP contribution in [0.1, 0.15) is 26.2 Å². The lowest BCUT2D eigenvalue weighted by atomic mass is 9.90. The van der Waals surface area contributed by atoms with E-state index in [9.17, 15) is 13.2 Å². The number of halogens is 2. The first-order chi connectivity index (χ1) is 16.7. The Morgan fingerprint density at radius 2 is 1.76 bits per heavy atom. The zero-order valence-electron chi connectivity index (χ0n) is 21.4. The van der Waals surface area contributed by atoms with Crippen LogP contribution in [0.5, 0.6) is 0 Å². The summed E-state index contributed by atoms with van der Waals surface area (Å²) in [5.41, 5.74) is 0. The van der Waals surface area contributed by atoms with Crippen LogP contribution in [0.25, 0.3) is 10.8 Å². The zero-order valence-corrected chi connectivity index (χ0v) is 23.9. The SMILES string of the molecule is CC1CC(NS(=O)(=O)c2cccc3ccccc23)N(C(=O)CCC2CNC(=N)NC2)CC1N(C)C.Cl.Cl. The largest absolute Gasteiger partial charge is 0.356 e. The molecule has 0 spiro atoms. The molecule has 4 N–H and O–H groups in total. The predicted octanol–water partition coefficient (Wildman–Crippen LogP) is 2.61. The molecule has 2 saturated heterocycles. The van der Waals surface area contributed by atoms with Gasteiger partial charge in [-0.05, 0) is 50.2 Å². The van der Waals surface area contributed by atoms with Crippen LogP contribution in [0.2, 0.25) is 0 Å². The van der Waals surface area contributed by atoms with Gasteiger partial charge < -0.3 is 20.4 Å². The topological polar surface area (TPSA) is 118 Å². The van der Waals surface area contributed by atoms with E-state index in [-0.39, 0.29) is 53.5 Å². The molecule has 2 aromatic carbocycles. The van der Waals surface area contributed by atoms with Crippen molar-refractivity contribution in [2.45, 2.75) is 43.3 Å². The van der Waals surface area contributed by atoms with Crippen molar-refractivity contribution in [2.75, 3.05) is 33.7 Å². The van der Waals surface area contributed by atoms with Crippen LogP contribution in [0.3, 0.4) is 0 Å². The van der Waals surface area contributed by atoms with Gasteiger partial charge in [-0.3, -0.25) is 10.2 Å². The Kier molecular flexibility index (Phi) is 11.0. The second kappa shape index (κ2) is 13.1. The van der Waals surface area contributed by atoms with E-state index < -0.39 is 16.2 Å². The average molecular weight is 574 g/mol. The molecule has 0 aliphatic carbocycles. The maximum atomic E-state index is 13.5. The molecule has 206 valence electrons. The van der Waals surface area contributed by atoms with E-state index in [1.807, 2.05) is 44.4 Å². The van der Waals surface area contributed by atoms with E-state index in [4.69, 9.17) is 5.41 Å². The fraction of sp³-hybridized carbons (Fsp3) is 0.520. The Labute approximate surface area is 232 Å². The van der Waals surface area contributed by atoms with E-state index >= 15 is 0 Å². The molecule has 3 unspecified atom stereocenters. The number of carbonyl (C=O) groups excluding carboxylic acids is 1. The fourth-order valence-electron chi connectivity index (χ4n) is 5.18. The van der Waals surface area contributed by atoms with Gasteiger partial charge in [-0.1, -0.05) is 43.3 Å². The third-order valence-electron chi connectivity index (χ3n) is 7.23. The molecule has 4 rings (SSSR count). The van der Waals surface area contributed by atoms with Crippen molar-refractivity contribution >= 4 is 57.5 Å². The van der Waals surface area contributed by atoms with E-state index in [2.05, 4.69) is 27.2 Å². The van der Waals surface area contributed by atoms with Gasteiger partial charge in [-0.25, -0.2) is 8.42 Å².